The van der Waals surface area contributed by atoms with Crippen LogP contribution in [0.25, 0.3) is 0 Å². The summed E-state index contributed by atoms with van der Waals surface area (Å²) in [5.74, 6) is -1.93. The highest BCUT2D eigenvalue weighted by atomic mass is 35.5. The molecule has 1 aromatic carbocycles. The highest BCUT2D eigenvalue weighted by molar-refractivity contribution is 6.33. The van der Waals surface area contributed by atoms with E-state index in [1.165, 1.54) is 0 Å². The van der Waals surface area contributed by atoms with Crippen LogP contribution in [-0.2, 0) is 6.18 Å². The number of halogens is 5. The number of methoxy groups -OCH3 is 1. The van der Waals surface area contributed by atoms with Crippen LogP contribution in [0.5, 0.6) is 5.75 Å². The maximum Gasteiger partial charge on any atom is 0.420 e. The summed E-state index contributed by atoms with van der Waals surface area (Å²) < 4.78 is 43.0. The number of ether oxygens (including phenoxy) is 1. The zero-order valence-electron chi connectivity index (χ0n) is 8.57. The predicted octanol–water partition coefficient (Wildman–Crippen LogP) is 3.79. The van der Waals surface area contributed by atoms with E-state index in [0.717, 1.165) is 19.2 Å². The maximum absolute atomic E-state index is 12.8. The summed E-state index contributed by atoms with van der Waals surface area (Å²) in [4.78, 5) is 11.4. The Labute approximate surface area is 105 Å². The number of ketones is 1. The van der Waals surface area contributed by atoms with Crippen LogP contribution in [0.2, 0.25) is 5.02 Å². The van der Waals surface area contributed by atoms with Crippen molar-refractivity contribution < 1.29 is 22.7 Å². The Morgan fingerprint density at radius 3 is 2.41 bits per heavy atom. The largest absolute Gasteiger partial charge is 0.496 e. The van der Waals surface area contributed by atoms with E-state index in [2.05, 4.69) is 4.74 Å². The van der Waals surface area contributed by atoms with E-state index >= 15 is 0 Å². The second-order valence-corrected chi connectivity index (χ2v) is 3.79. The third kappa shape index (κ3) is 3.04. The molecule has 0 saturated heterocycles. The van der Waals surface area contributed by atoms with Gasteiger partial charge < -0.3 is 4.74 Å². The maximum atomic E-state index is 12.8. The Kier molecular flexibility index (Phi) is 4.27. The zero-order valence-corrected chi connectivity index (χ0v) is 10.1. The molecule has 0 radical (unpaired) electrons. The summed E-state index contributed by atoms with van der Waals surface area (Å²) in [5.41, 5.74) is -1.74. The molecule has 17 heavy (non-hydrogen) atoms. The van der Waals surface area contributed by atoms with E-state index in [1.54, 1.807) is 0 Å². The highest BCUT2D eigenvalue weighted by Crippen LogP contribution is 2.40. The minimum absolute atomic E-state index is 0.0247. The molecule has 0 saturated carbocycles. The van der Waals surface area contributed by atoms with Crippen molar-refractivity contribution in [3.63, 3.8) is 0 Å². The second kappa shape index (κ2) is 5.14. The lowest BCUT2D eigenvalue weighted by Crippen LogP contribution is -2.15. The fourth-order valence-corrected chi connectivity index (χ4v) is 1.68. The van der Waals surface area contributed by atoms with E-state index in [4.69, 9.17) is 23.2 Å². The van der Waals surface area contributed by atoms with Crippen molar-refractivity contribution in [2.75, 3.05) is 13.0 Å². The molecule has 1 rings (SSSR count). The first kappa shape index (κ1) is 14.1. The summed E-state index contributed by atoms with van der Waals surface area (Å²) in [6.45, 7) is 0. The van der Waals surface area contributed by atoms with Crippen LogP contribution < -0.4 is 4.74 Å². The Morgan fingerprint density at radius 1 is 1.41 bits per heavy atom. The molecule has 0 aliphatic carbocycles. The van der Waals surface area contributed by atoms with Gasteiger partial charge in [0, 0.05) is 10.6 Å². The lowest BCUT2D eigenvalue weighted by atomic mass is 10.0. The highest BCUT2D eigenvalue weighted by Gasteiger charge is 2.39. The van der Waals surface area contributed by atoms with Crippen molar-refractivity contribution in [2.45, 2.75) is 6.18 Å². The van der Waals surface area contributed by atoms with Gasteiger partial charge >= 0.3 is 6.18 Å². The average molecular weight is 287 g/mol. The standard InChI is InChI=1S/C10H7Cl2F3O2/c1-17-8-3-5(12)2-6(7(16)4-11)9(8)10(13,14)15/h2-3H,4H2,1H3. The molecular weight excluding hydrogens is 280 g/mol. The van der Waals surface area contributed by atoms with Gasteiger partial charge in [0.25, 0.3) is 0 Å². The molecule has 2 nitrogen and oxygen atoms in total. The summed E-state index contributed by atoms with van der Waals surface area (Å²) in [6.07, 6.45) is -4.72. The number of hydrogen-bond donors (Lipinski definition) is 0. The molecule has 0 fully saturated rings. The van der Waals surface area contributed by atoms with Crippen LogP contribution in [-0.4, -0.2) is 18.8 Å². The normalized spacial score (nSPS) is 11.4. The van der Waals surface area contributed by atoms with Gasteiger partial charge in [-0.15, -0.1) is 11.6 Å². The van der Waals surface area contributed by atoms with Gasteiger partial charge in [0.1, 0.15) is 11.3 Å². The number of carbonyl (C=O) groups excluding carboxylic acids is 1. The fraction of sp³-hybridized carbons (Fsp3) is 0.300. The minimum atomic E-state index is -4.72. The molecule has 0 bridgehead atoms. The van der Waals surface area contributed by atoms with E-state index < -0.39 is 34.7 Å². The van der Waals surface area contributed by atoms with E-state index in [1.807, 2.05) is 0 Å². The fourth-order valence-electron chi connectivity index (χ4n) is 1.33. The quantitative estimate of drug-likeness (QED) is 0.624. The number of carbonyl (C=O) groups is 1. The first-order chi connectivity index (χ1) is 7.81. The van der Waals surface area contributed by atoms with Gasteiger partial charge in [0.15, 0.2) is 5.78 Å². The van der Waals surface area contributed by atoms with Crippen LogP contribution >= 0.6 is 23.2 Å². The second-order valence-electron chi connectivity index (χ2n) is 3.09. The molecular formula is C10H7Cl2F3O2. The van der Waals surface area contributed by atoms with Crippen molar-refractivity contribution in [3.8, 4) is 5.75 Å². The molecule has 7 heteroatoms. The molecule has 0 aromatic heterocycles. The first-order valence-corrected chi connectivity index (χ1v) is 5.26. The lowest BCUT2D eigenvalue weighted by Gasteiger charge is -2.15. The molecule has 0 heterocycles. The van der Waals surface area contributed by atoms with Crippen molar-refractivity contribution in [1.29, 1.82) is 0 Å². The monoisotopic (exact) mass is 286 g/mol. The number of benzene rings is 1. The van der Waals surface area contributed by atoms with Gasteiger partial charge in [-0.1, -0.05) is 11.6 Å². The number of Topliss-reactive ketones (excluding diaryl/α,β-unsaturated/α-hetero) is 1. The molecule has 0 atom stereocenters. The zero-order chi connectivity index (χ0) is 13.2. The summed E-state index contributed by atoms with van der Waals surface area (Å²) in [5, 5.41) is -0.0247. The third-order valence-electron chi connectivity index (χ3n) is 1.99. The molecule has 0 unspecified atom stereocenters. The molecule has 94 valence electrons. The smallest absolute Gasteiger partial charge is 0.420 e. The van der Waals surface area contributed by atoms with E-state index in [-0.39, 0.29) is 5.02 Å². The third-order valence-corrected chi connectivity index (χ3v) is 2.45. The van der Waals surface area contributed by atoms with Crippen molar-refractivity contribution in [2.24, 2.45) is 0 Å². The molecule has 0 spiro atoms. The minimum Gasteiger partial charge on any atom is -0.496 e. The Bertz CT molecular complexity index is 444. The average Bonchev–Trinajstić information content (AvgIpc) is 2.24. The van der Waals surface area contributed by atoms with Crippen molar-refractivity contribution >= 4 is 29.0 Å². The van der Waals surface area contributed by atoms with Gasteiger partial charge in [-0.3, -0.25) is 4.79 Å². The van der Waals surface area contributed by atoms with Gasteiger partial charge in [0.2, 0.25) is 0 Å². The van der Waals surface area contributed by atoms with Crippen LogP contribution in [0, 0.1) is 0 Å². The van der Waals surface area contributed by atoms with Crippen LogP contribution in [0.4, 0.5) is 13.2 Å². The topological polar surface area (TPSA) is 26.3 Å². The van der Waals surface area contributed by atoms with Gasteiger partial charge in [-0.25, -0.2) is 0 Å². The van der Waals surface area contributed by atoms with Crippen molar-refractivity contribution in [1.82, 2.24) is 0 Å². The Hall–Kier alpha value is -0.940. The summed E-state index contributed by atoms with van der Waals surface area (Å²) in [6, 6.07) is 1.92. The SMILES string of the molecule is COc1cc(Cl)cc(C(=O)CCl)c1C(F)(F)F. The van der Waals surface area contributed by atoms with Gasteiger partial charge in [-0.2, -0.15) is 13.2 Å². The number of alkyl halides is 4. The van der Waals surface area contributed by atoms with E-state index in [9.17, 15) is 18.0 Å². The number of hydrogen-bond acceptors (Lipinski definition) is 2. The number of rotatable bonds is 3. The van der Waals surface area contributed by atoms with Crippen molar-refractivity contribution in [3.05, 3.63) is 28.3 Å². The predicted molar refractivity (Wildman–Crippen MR) is 58.1 cm³/mol. The first-order valence-electron chi connectivity index (χ1n) is 4.35. The van der Waals surface area contributed by atoms with Crippen LogP contribution in [0.15, 0.2) is 12.1 Å². The molecule has 0 amide bonds. The molecule has 0 aliphatic heterocycles. The Balaban J connectivity index is 3.56. The van der Waals surface area contributed by atoms with Gasteiger partial charge in [-0.05, 0) is 12.1 Å². The summed E-state index contributed by atoms with van der Waals surface area (Å²) in [7, 11) is 1.07. The molecule has 0 N–H and O–H groups in total. The molecule has 1 aromatic rings. The lowest BCUT2D eigenvalue weighted by molar-refractivity contribution is -0.139. The van der Waals surface area contributed by atoms with Crippen LogP contribution in [0.3, 0.4) is 0 Å². The Morgan fingerprint density at radius 2 is 2.00 bits per heavy atom. The van der Waals surface area contributed by atoms with Crippen LogP contribution in [0.1, 0.15) is 15.9 Å². The summed E-state index contributed by atoms with van der Waals surface area (Å²) >= 11 is 10.9. The van der Waals surface area contributed by atoms with E-state index in [0.29, 0.717) is 0 Å². The molecule has 0 aliphatic rings. The van der Waals surface area contributed by atoms with Gasteiger partial charge in [0.05, 0.1) is 13.0 Å².